The minimum absolute atomic E-state index is 0.0632. The van der Waals surface area contributed by atoms with Crippen molar-refractivity contribution in [2.45, 2.75) is 0 Å². The summed E-state index contributed by atoms with van der Waals surface area (Å²) in [6, 6.07) is 5.51. The molecular formula is C8H5BFNO2. The Labute approximate surface area is 74.7 Å². The summed E-state index contributed by atoms with van der Waals surface area (Å²) in [5.74, 6) is -1.16. The van der Waals surface area contributed by atoms with E-state index in [4.69, 9.17) is 10.4 Å². The van der Waals surface area contributed by atoms with Gasteiger partial charge in [-0.1, -0.05) is 6.07 Å². The van der Waals surface area contributed by atoms with E-state index in [-0.39, 0.29) is 16.6 Å². The maximum absolute atomic E-state index is 12.2. The van der Waals surface area contributed by atoms with Crippen LogP contribution >= 0.6 is 0 Å². The molecule has 1 N–H and O–H groups in total. The lowest BCUT2D eigenvalue weighted by molar-refractivity contribution is 0.0697. The van der Waals surface area contributed by atoms with Crippen LogP contribution in [0.2, 0.25) is 0 Å². The van der Waals surface area contributed by atoms with Crippen LogP contribution in [-0.2, 0) is 0 Å². The van der Waals surface area contributed by atoms with Gasteiger partial charge in [0.25, 0.3) is 0 Å². The quantitative estimate of drug-likeness (QED) is 0.656. The Hall–Kier alpha value is -1.83. The van der Waals surface area contributed by atoms with Gasteiger partial charge in [-0.2, -0.15) is 5.26 Å². The third-order valence-corrected chi connectivity index (χ3v) is 1.52. The van der Waals surface area contributed by atoms with Crippen molar-refractivity contribution >= 4 is 19.0 Å². The molecule has 0 bridgehead atoms. The summed E-state index contributed by atoms with van der Waals surface area (Å²) in [4.78, 5) is 10.5. The van der Waals surface area contributed by atoms with Crippen LogP contribution in [0.15, 0.2) is 18.2 Å². The minimum Gasteiger partial charge on any atom is -0.478 e. The van der Waals surface area contributed by atoms with Gasteiger partial charge in [-0.3, -0.25) is 0 Å². The summed E-state index contributed by atoms with van der Waals surface area (Å²) in [5.41, 5.74) is 0.302. The van der Waals surface area contributed by atoms with Gasteiger partial charge in [0.1, 0.15) is 0 Å². The third kappa shape index (κ3) is 2.06. The first-order valence-electron chi connectivity index (χ1n) is 3.50. The van der Waals surface area contributed by atoms with E-state index in [1.165, 1.54) is 18.2 Å². The lowest BCUT2D eigenvalue weighted by Gasteiger charge is -1.98. The monoisotopic (exact) mass is 177 g/mol. The molecule has 0 aliphatic heterocycles. The zero-order chi connectivity index (χ0) is 9.84. The Morgan fingerprint density at radius 1 is 1.54 bits per heavy atom. The van der Waals surface area contributed by atoms with E-state index in [9.17, 15) is 9.11 Å². The standard InChI is InChI=1S/C8H5BFNO2/c10-9-7-2-5(4-11)1-6(3-7)8(12)13/h1-3,9H,(H,12,13). The molecule has 0 aliphatic rings. The summed E-state index contributed by atoms with van der Waals surface area (Å²) in [7, 11) is -0.768. The zero-order valence-corrected chi connectivity index (χ0v) is 6.62. The van der Waals surface area contributed by atoms with Crippen LogP contribution in [0.3, 0.4) is 0 Å². The van der Waals surface area contributed by atoms with Gasteiger partial charge in [-0.25, -0.2) is 4.79 Å². The van der Waals surface area contributed by atoms with Crippen molar-refractivity contribution < 1.29 is 14.2 Å². The van der Waals surface area contributed by atoms with Crippen molar-refractivity contribution in [2.75, 3.05) is 0 Å². The molecule has 0 atom stereocenters. The number of hydrogen-bond donors (Lipinski definition) is 1. The van der Waals surface area contributed by atoms with E-state index in [0.717, 1.165) is 0 Å². The molecule has 5 heteroatoms. The van der Waals surface area contributed by atoms with Gasteiger partial charge in [-0.05, 0) is 17.6 Å². The fourth-order valence-corrected chi connectivity index (χ4v) is 0.957. The fourth-order valence-electron chi connectivity index (χ4n) is 0.957. The summed E-state index contributed by atoms with van der Waals surface area (Å²) >= 11 is 0. The topological polar surface area (TPSA) is 61.1 Å². The highest BCUT2D eigenvalue weighted by Crippen LogP contribution is 2.02. The zero-order valence-electron chi connectivity index (χ0n) is 6.62. The van der Waals surface area contributed by atoms with Gasteiger partial charge in [0.05, 0.1) is 17.2 Å². The highest BCUT2D eigenvalue weighted by Gasteiger charge is 2.07. The molecule has 0 saturated carbocycles. The average molecular weight is 177 g/mol. The van der Waals surface area contributed by atoms with Crippen LogP contribution in [0.1, 0.15) is 15.9 Å². The van der Waals surface area contributed by atoms with Crippen molar-refractivity contribution in [3.05, 3.63) is 29.3 Å². The molecule has 13 heavy (non-hydrogen) atoms. The number of carboxylic acid groups (broad SMARTS) is 1. The number of nitrogens with zero attached hydrogens (tertiary/aromatic N) is 1. The first-order chi connectivity index (χ1) is 6.17. The van der Waals surface area contributed by atoms with Crippen LogP contribution < -0.4 is 5.46 Å². The van der Waals surface area contributed by atoms with E-state index in [1.54, 1.807) is 6.07 Å². The Bertz CT molecular complexity index is 386. The van der Waals surface area contributed by atoms with E-state index in [2.05, 4.69) is 0 Å². The largest absolute Gasteiger partial charge is 0.478 e. The van der Waals surface area contributed by atoms with E-state index >= 15 is 0 Å². The maximum atomic E-state index is 12.2. The molecule has 0 heterocycles. The van der Waals surface area contributed by atoms with Gasteiger partial charge in [0, 0.05) is 0 Å². The molecule has 0 aromatic heterocycles. The highest BCUT2D eigenvalue weighted by molar-refractivity contribution is 6.46. The molecule has 1 rings (SSSR count). The maximum Gasteiger partial charge on any atom is 0.364 e. The third-order valence-electron chi connectivity index (χ3n) is 1.52. The molecule has 3 nitrogen and oxygen atoms in total. The van der Waals surface area contributed by atoms with E-state index in [1.807, 2.05) is 0 Å². The number of rotatable bonds is 2. The molecule has 0 amide bonds. The van der Waals surface area contributed by atoms with Gasteiger partial charge in [0.15, 0.2) is 0 Å². The fraction of sp³-hybridized carbons (Fsp3) is 0. The molecule has 64 valence electrons. The highest BCUT2D eigenvalue weighted by atomic mass is 19.1. The van der Waals surface area contributed by atoms with E-state index < -0.39 is 13.5 Å². The molecule has 1 aromatic rings. The number of benzene rings is 1. The van der Waals surface area contributed by atoms with Crippen molar-refractivity contribution in [3.63, 3.8) is 0 Å². The second-order valence-corrected chi connectivity index (χ2v) is 2.47. The second-order valence-electron chi connectivity index (χ2n) is 2.47. The summed E-state index contributed by atoms with van der Waals surface area (Å²) in [5, 5.41) is 17.1. The average Bonchev–Trinajstić information content (AvgIpc) is 2.16. The number of aromatic carboxylic acids is 1. The predicted octanol–water partition coefficient (Wildman–Crippen LogP) is 0.203. The first-order valence-corrected chi connectivity index (χ1v) is 3.50. The predicted molar refractivity (Wildman–Crippen MR) is 46.0 cm³/mol. The molecule has 1 aromatic carbocycles. The summed E-state index contributed by atoms with van der Waals surface area (Å²) in [6.45, 7) is 0. The molecular weight excluding hydrogens is 172 g/mol. The molecule has 0 unspecified atom stereocenters. The van der Waals surface area contributed by atoms with Crippen molar-refractivity contribution in [2.24, 2.45) is 0 Å². The van der Waals surface area contributed by atoms with Crippen LogP contribution in [0.5, 0.6) is 0 Å². The van der Waals surface area contributed by atoms with Gasteiger partial charge >= 0.3 is 13.5 Å². The molecule has 0 aliphatic carbocycles. The number of nitriles is 1. The summed E-state index contributed by atoms with van der Waals surface area (Å²) in [6.07, 6.45) is 0. The molecule has 0 radical (unpaired) electrons. The Morgan fingerprint density at radius 3 is 2.69 bits per heavy atom. The SMILES string of the molecule is N#Cc1cc(BF)cc(C(=O)O)c1. The number of carbonyl (C=O) groups is 1. The molecule has 0 fully saturated rings. The lowest BCUT2D eigenvalue weighted by Crippen LogP contribution is -2.13. The van der Waals surface area contributed by atoms with E-state index in [0.29, 0.717) is 0 Å². The second kappa shape index (κ2) is 3.72. The number of carboxylic acids is 1. The molecule has 0 saturated heterocycles. The lowest BCUT2D eigenvalue weighted by atomic mass is 9.88. The Kier molecular flexibility index (Phi) is 2.65. The normalized spacial score (nSPS) is 8.92. The Morgan fingerprint density at radius 2 is 2.23 bits per heavy atom. The van der Waals surface area contributed by atoms with Crippen molar-refractivity contribution in [3.8, 4) is 6.07 Å². The van der Waals surface area contributed by atoms with Crippen LogP contribution in [0, 0.1) is 11.3 Å². The van der Waals surface area contributed by atoms with Crippen molar-refractivity contribution in [1.82, 2.24) is 0 Å². The smallest absolute Gasteiger partial charge is 0.364 e. The van der Waals surface area contributed by atoms with Crippen LogP contribution in [-0.4, -0.2) is 18.6 Å². The van der Waals surface area contributed by atoms with Crippen LogP contribution in [0.25, 0.3) is 0 Å². The number of hydrogen-bond acceptors (Lipinski definition) is 2. The number of halogens is 1. The molecule has 0 spiro atoms. The van der Waals surface area contributed by atoms with Crippen LogP contribution in [0.4, 0.5) is 4.32 Å². The first kappa shape index (κ1) is 9.26. The van der Waals surface area contributed by atoms with Gasteiger partial charge < -0.3 is 9.42 Å². The summed E-state index contributed by atoms with van der Waals surface area (Å²) < 4.78 is 12.2. The van der Waals surface area contributed by atoms with Gasteiger partial charge in [-0.15, -0.1) is 0 Å². The minimum atomic E-state index is -1.16. The van der Waals surface area contributed by atoms with Crippen molar-refractivity contribution in [1.29, 1.82) is 5.26 Å². The Balaban J connectivity index is 3.24. The van der Waals surface area contributed by atoms with Gasteiger partial charge in [0.2, 0.25) is 0 Å².